The van der Waals surface area contributed by atoms with Gasteiger partial charge in [-0.1, -0.05) is 13.8 Å². The van der Waals surface area contributed by atoms with Crippen LogP contribution in [0.2, 0.25) is 0 Å². The number of aromatic nitrogens is 2. The van der Waals surface area contributed by atoms with E-state index in [9.17, 15) is 18.0 Å². The van der Waals surface area contributed by atoms with Crippen LogP contribution < -0.4 is 11.1 Å². The maximum absolute atomic E-state index is 12.5. The molecule has 0 saturated carbocycles. The van der Waals surface area contributed by atoms with Gasteiger partial charge in [-0.2, -0.15) is 13.2 Å². The SMILES string of the molecule is CC(C)N.CCOC(=O)c1cnc(C(F)(F)F)nc1NC(C)C. The molecule has 1 heterocycles. The summed E-state index contributed by atoms with van der Waals surface area (Å²) in [6.45, 7) is 9.02. The van der Waals surface area contributed by atoms with Crippen molar-refractivity contribution in [3.63, 3.8) is 0 Å². The van der Waals surface area contributed by atoms with Crippen LogP contribution in [0.25, 0.3) is 0 Å². The molecule has 1 aromatic rings. The molecule has 3 N–H and O–H groups in total. The number of nitrogens with one attached hydrogen (secondary N) is 1. The molecule has 0 unspecified atom stereocenters. The van der Waals surface area contributed by atoms with Crippen molar-refractivity contribution in [3.05, 3.63) is 17.6 Å². The molecule has 0 bridgehead atoms. The molecular weight excluding hydrogens is 313 g/mol. The van der Waals surface area contributed by atoms with Crippen LogP contribution in [0.5, 0.6) is 0 Å². The van der Waals surface area contributed by atoms with Crippen LogP contribution in [-0.4, -0.2) is 34.6 Å². The number of ether oxygens (including phenoxy) is 1. The number of hydrogen-bond donors (Lipinski definition) is 2. The molecule has 6 nitrogen and oxygen atoms in total. The van der Waals surface area contributed by atoms with E-state index in [-0.39, 0.29) is 24.0 Å². The Labute approximate surface area is 133 Å². The lowest BCUT2D eigenvalue weighted by molar-refractivity contribution is -0.144. The minimum Gasteiger partial charge on any atom is -0.462 e. The number of carbonyl (C=O) groups is 1. The maximum Gasteiger partial charge on any atom is 0.451 e. The largest absolute Gasteiger partial charge is 0.462 e. The summed E-state index contributed by atoms with van der Waals surface area (Å²) in [5, 5.41) is 2.67. The molecule has 1 rings (SSSR count). The van der Waals surface area contributed by atoms with Gasteiger partial charge in [-0.15, -0.1) is 0 Å². The van der Waals surface area contributed by atoms with Gasteiger partial charge >= 0.3 is 12.1 Å². The van der Waals surface area contributed by atoms with E-state index in [2.05, 4.69) is 15.3 Å². The number of halogens is 3. The normalized spacial score (nSPS) is 11.1. The van der Waals surface area contributed by atoms with Gasteiger partial charge in [-0.05, 0) is 26.8 Å². The third kappa shape index (κ3) is 8.34. The van der Waals surface area contributed by atoms with Crippen LogP contribution in [0.15, 0.2) is 6.20 Å². The summed E-state index contributed by atoms with van der Waals surface area (Å²) in [5.41, 5.74) is 4.99. The first-order valence-corrected chi connectivity index (χ1v) is 7.12. The lowest BCUT2D eigenvalue weighted by atomic mass is 10.2. The average Bonchev–Trinajstić information content (AvgIpc) is 2.36. The highest BCUT2D eigenvalue weighted by Gasteiger charge is 2.35. The van der Waals surface area contributed by atoms with E-state index in [1.54, 1.807) is 20.8 Å². The molecule has 132 valence electrons. The topological polar surface area (TPSA) is 90.1 Å². The minimum absolute atomic E-state index is 0.112. The molecular formula is C14H23F3N4O2. The molecule has 0 saturated heterocycles. The van der Waals surface area contributed by atoms with Crippen molar-refractivity contribution >= 4 is 11.8 Å². The van der Waals surface area contributed by atoms with Crippen LogP contribution in [0, 0.1) is 0 Å². The second-order valence-corrected chi connectivity index (χ2v) is 5.22. The summed E-state index contributed by atoms with van der Waals surface area (Å²) in [6.07, 6.45) is -3.85. The number of carbonyl (C=O) groups excluding carboxylic acids is 1. The molecule has 0 atom stereocenters. The summed E-state index contributed by atoms with van der Waals surface area (Å²) in [6, 6.07) is 0.143. The van der Waals surface area contributed by atoms with E-state index < -0.39 is 18.0 Å². The standard InChI is InChI=1S/C11H14F3N3O2.C3H9N/c1-4-19-9(18)7-5-15-10(11(12,13)14)17-8(7)16-6(2)3;1-3(2)4/h5-6H,4H2,1-3H3,(H,15,16,17);3H,4H2,1-2H3. The molecule has 0 aromatic carbocycles. The molecule has 1 aromatic heterocycles. The molecule has 9 heteroatoms. The van der Waals surface area contributed by atoms with Crippen molar-refractivity contribution in [3.8, 4) is 0 Å². The van der Waals surface area contributed by atoms with Gasteiger partial charge in [0.05, 0.1) is 6.61 Å². The quantitative estimate of drug-likeness (QED) is 0.822. The molecule has 23 heavy (non-hydrogen) atoms. The van der Waals surface area contributed by atoms with E-state index >= 15 is 0 Å². The number of nitrogens with zero attached hydrogens (tertiary/aromatic N) is 2. The first-order valence-electron chi connectivity index (χ1n) is 7.12. The van der Waals surface area contributed by atoms with Crippen molar-refractivity contribution < 1.29 is 22.7 Å². The number of rotatable bonds is 4. The highest BCUT2D eigenvalue weighted by atomic mass is 19.4. The van der Waals surface area contributed by atoms with E-state index in [1.807, 2.05) is 13.8 Å². The summed E-state index contributed by atoms with van der Waals surface area (Å²) in [7, 11) is 0. The zero-order chi connectivity index (χ0) is 18.2. The Morgan fingerprint density at radius 3 is 2.26 bits per heavy atom. The van der Waals surface area contributed by atoms with E-state index in [0.29, 0.717) is 6.04 Å². The van der Waals surface area contributed by atoms with E-state index in [0.717, 1.165) is 6.20 Å². The van der Waals surface area contributed by atoms with Crippen LogP contribution in [0.4, 0.5) is 19.0 Å². The fraction of sp³-hybridized carbons (Fsp3) is 0.643. The van der Waals surface area contributed by atoms with Crippen molar-refractivity contribution in [2.24, 2.45) is 5.73 Å². The van der Waals surface area contributed by atoms with Gasteiger partial charge in [-0.25, -0.2) is 14.8 Å². The van der Waals surface area contributed by atoms with E-state index in [1.165, 1.54) is 0 Å². The highest BCUT2D eigenvalue weighted by Crippen LogP contribution is 2.27. The average molecular weight is 336 g/mol. The lowest BCUT2D eigenvalue weighted by Gasteiger charge is -2.14. The van der Waals surface area contributed by atoms with Gasteiger partial charge in [0.1, 0.15) is 11.4 Å². The predicted octanol–water partition coefficient (Wildman–Crippen LogP) is 2.85. The lowest BCUT2D eigenvalue weighted by Crippen LogP contribution is -2.20. The fourth-order valence-electron chi connectivity index (χ4n) is 1.26. The van der Waals surface area contributed by atoms with Crippen LogP contribution in [0.1, 0.15) is 50.8 Å². The highest BCUT2D eigenvalue weighted by molar-refractivity contribution is 5.94. The van der Waals surface area contributed by atoms with Crippen molar-refractivity contribution in [1.82, 2.24) is 9.97 Å². The number of anilines is 1. The molecule has 0 radical (unpaired) electrons. The van der Waals surface area contributed by atoms with Gasteiger partial charge < -0.3 is 15.8 Å². The first kappa shape index (κ1) is 21.1. The third-order valence-electron chi connectivity index (χ3n) is 1.96. The molecule has 0 aliphatic carbocycles. The van der Waals surface area contributed by atoms with Crippen molar-refractivity contribution in [2.75, 3.05) is 11.9 Å². The summed E-state index contributed by atoms with van der Waals surface area (Å²) < 4.78 is 42.3. The summed E-state index contributed by atoms with van der Waals surface area (Å²) in [5.74, 6) is -2.25. The van der Waals surface area contributed by atoms with Gasteiger partial charge in [0.15, 0.2) is 0 Å². The van der Waals surface area contributed by atoms with Crippen LogP contribution >= 0.6 is 0 Å². The second kappa shape index (κ2) is 9.29. The predicted molar refractivity (Wildman–Crippen MR) is 81.1 cm³/mol. The maximum atomic E-state index is 12.5. The Bertz CT molecular complexity index is 503. The third-order valence-corrected chi connectivity index (χ3v) is 1.96. The zero-order valence-corrected chi connectivity index (χ0v) is 13.9. The Hall–Kier alpha value is -1.90. The van der Waals surface area contributed by atoms with Crippen LogP contribution in [0.3, 0.4) is 0 Å². The number of nitrogens with two attached hydrogens (primary N) is 1. The Morgan fingerprint density at radius 2 is 1.87 bits per heavy atom. The molecule has 0 fully saturated rings. The van der Waals surface area contributed by atoms with Crippen molar-refractivity contribution in [1.29, 1.82) is 0 Å². The van der Waals surface area contributed by atoms with Crippen LogP contribution in [-0.2, 0) is 10.9 Å². The smallest absolute Gasteiger partial charge is 0.451 e. The minimum atomic E-state index is -4.67. The number of alkyl halides is 3. The summed E-state index contributed by atoms with van der Waals surface area (Å²) >= 11 is 0. The fourth-order valence-corrected chi connectivity index (χ4v) is 1.26. The molecule has 0 aliphatic rings. The number of esters is 1. The summed E-state index contributed by atoms with van der Waals surface area (Å²) in [4.78, 5) is 18.1. The second-order valence-electron chi connectivity index (χ2n) is 5.22. The molecule has 0 amide bonds. The molecule has 0 aliphatic heterocycles. The van der Waals surface area contributed by atoms with Gasteiger partial charge in [0.2, 0.25) is 5.82 Å². The Balaban J connectivity index is 0.00000108. The Kier molecular flexibility index (Phi) is 8.52. The number of hydrogen-bond acceptors (Lipinski definition) is 6. The zero-order valence-electron chi connectivity index (χ0n) is 13.9. The van der Waals surface area contributed by atoms with Gasteiger partial charge in [0.25, 0.3) is 0 Å². The van der Waals surface area contributed by atoms with Crippen molar-refractivity contribution in [2.45, 2.75) is 52.9 Å². The monoisotopic (exact) mass is 336 g/mol. The molecule has 0 spiro atoms. The van der Waals surface area contributed by atoms with Gasteiger partial charge in [-0.3, -0.25) is 0 Å². The van der Waals surface area contributed by atoms with E-state index in [4.69, 9.17) is 10.5 Å². The first-order chi connectivity index (χ1) is 10.5. The Morgan fingerprint density at radius 1 is 1.35 bits per heavy atom. The van der Waals surface area contributed by atoms with Gasteiger partial charge in [0, 0.05) is 12.2 Å².